The summed E-state index contributed by atoms with van der Waals surface area (Å²) in [4.78, 5) is 21.5. The molecule has 4 nitrogen and oxygen atoms in total. The SMILES string of the molecule is CNC(=O)c1cccc(C(=O)[O-])c1.[Na+]. The third kappa shape index (κ3) is 3.14. The van der Waals surface area contributed by atoms with Gasteiger partial charge < -0.3 is 15.2 Å². The van der Waals surface area contributed by atoms with Crippen LogP contribution in [0.25, 0.3) is 0 Å². The molecule has 1 rings (SSSR count). The van der Waals surface area contributed by atoms with Crippen molar-refractivity contribution >= 4 is 11.9 Å². The van der Waals surface area contributed by atoms with E-state index in [0.29, 0.717) is 5.56 Å². The topological polar surface area (TPSA) is 69.2 Å². The Morgan fingerprint density at radius 2 is 1.86 bits per heavy atom. The first-order valence-corrected chi connectivity index (χ1v) is 3.68. The maximum absolute atomic E-state index is 11.1. The van der Waals surface area contributed by atoms with Crippen molar-refractivity contribution in [2.75, 3.05) is 7.05 Å². The molecule has 5 heteroatoms. The van der Waals surface area contributed by atoms with Crippen LogP contribution in [0.5, 0.6) is 0 Å². The van der Waals surface area contributed by atoms with Crippen molar-refractivity contribution in [2.24, 2.45) is 0 Å². The number of nitrogens with one attached hydrogen (secondary N) is 1. The van der Waals surface area contributed by atoms with E-state index in [4.69, 9.17) is 0 Å². The van der Waals surface area contributed by atoms with Gasteiger partial charge >= 0.3 is 29.6 Å². The Hall–Kier alpha value is -0.840. The summed E-state index contributed by atoms with van der Waals surface area (Å²) in [7, 11) is 1.48. The summed E-state index contributed by atoms with van der Waals surface area (Å²) in [5, 5.41) is 12.8. The quantitative estimate of drug-likeness (QED) is 0.503. The van der Waals surface area contributed by atoms with Crippen LogP contribution in [0.4, 0.5) is 0 Å². The van der Waals surface area contributed by atoms with Crippen molar-refractivity contribution in [2.45, 2.75) is 0 Å². The van der Waals surface area contributed by atoms with Gasteiger partial charge in [-0.2, -0.15) is 0 Å². The molecule has 0 atom stereocenters. The summed E-state index contributed by atoms with van der Waals surface area (Å²) >= 11 is 0. The van der Waals surface area contributed by atoms with Crippen LogP contribution < -0.4 is 40.0 Å². The maximum atomic E-state index is 11.1. The van der Waals surface area contributed by atoms with Crippen LogP contribution in [0.1, 0.15) is 20.7 Å². The number of aromatic carboxylic acids is 1. The molecule has 0 aliphatic carbocycles. The van der Waals surface area contributed by atoms with E-state index in [2.05, 4.69) is 5.32 Å². The number of benzene rings is 1. The molecule has 0 saturated carbocycles. The van der Waals surface area contributed by atoms with Gasteiger partial charge in [0.1, 0.15) is 0 Å². The summed E-state index contributed by atoms with van der Waals surface area (Å²) in [5.41, 5.74) is 0.310. The molecule has 0 aliphatic heterocycles. The number of rotatable bonds is 2. The Morgan fingerprint density at radius 3 is 2.36 bits per heavy atom. The first kappa shape index (κ1) is 13.2. The predicted octanol–water partition coefficient (Wildman–Crippen LogP) is -3.59. The number of carbonyl (C=O) groups is 2. The maximum Gasteiger partial charge on any atom is 1.00 e. The van der Waals surface area contributed by atoms with E-state index in [1.807, 2.05) is 0 Å². The Kier molecular flexibility index (Phi) is 5.45. The van der Waals surface area contributed by atoms with Gasteiger partial charge in [-0.25, -0.2) is 0 Å². The van der Waals surface area contributed by atoms with Gasteiger partial charge in [-0.1, -0.05) is 12.1 Å². The Labute approximate surface area is 104 Å². The van der Waals surface area contributed by atoms with Crippen molar-refractivity contribution < 1.29 is 44.3 Å². The molecule has 0 spiro atoms. The summed E-state index contributed by atoms with van der Waals surface area (Å²) < 4.78 is 0. The van der Waals surface area contributed by atoms with Gasteiger partial charge in [-0.15, -0.1) is 0 Å². The largest absolute Gasteiger partial charge is 1.00 e. The minimum Gasteiger partial charge on any atom is -0.545 e. The van der Waals surface area contributed by atoms with E-state index in [0.717, 1.165) is 0 Å². The Morgan fingerprint density at radius 1 is 1.29 bits per heavy atom. The third-order valence-electron chi connectivity index (χ3n) is 1.59. The minimum absolute atomic E-state index is 0. The van der Waals surface area contributed by atoms with Crippen LogP contribution in [0.15, 0.2) is 24.3 Å². The molecule has 1 aromatic carbocycles. The second kappa shape index (κ2) is 5.80. The van der Waals surface area contributed by atoms with Crippen molar-refractivity contribution in [3.05, 3.63) is 35.4 Å². The van der Waals surface area contributed by atoms with E-state index in [1.165, 1.54) is 31.3 Å². The molecule has 0 radical (unpaired) electrons. The van der Waals surface area contributed by atoms with Gasteiger partial charge in [0, 0.05) is 12.6 Å². The molecule has 0 saturated heterocycles. The average molecular weight is 201 g/mol. The second-order valence-corrected chi connectivity index (χ2v) is 2.45. The van der Waals surface area contributed by atoms with Crippen molar-refractivity contribution in [3.63, 3.8) is 0 Å². The third-order valence-corrected chi connectivity index (χ3v) is 1.59. The van der Waals surface area contributed by atoms with Crippen LogP contribution in [0, 0.1) is 0 Å². The fraction of sp³-hybridized carbons (Fsp3) is 0.111. The molecular formula is C9H8NNaO3. The van der Waals surface area contributed by atoms with Crippen molar-refractivity contribution in [3.8, 4) is 0 Å². The first-order chi connectivity index (χ1) is 6.15. The van der Waals surface area contributed by atoms with E-state index >= 15 is 0 Å². The van der Waals surface area contributed by atoms with Crippen LogP contribution in [0.3, 0.4) is 0 Å². The molecule has 0 bridgehead atoms. The Balaban J connectivity index is 0.00000169. The van der Waals surface area contributed by atoms with Crippen LogP contribution in [0.2, 0.25) is 0 Å². The Bertz CT molecular complexity index is 352. The molecule has 68 valence electrons. The number of carboxylic acids is 1. The number of carboxylic acid groups (broad SMARTS) is 1. The smallest absolute Gasteiger partial charge is 0.545 e. The number of hydrogen-bond donors (Lipinski definition) is 1. The zero-order valence-corrected chi connectivity index (χ0v) is 10.0. The first-order valence-electron chi connectivity index (χ1n) is 3.68. The molecule has 0 unspecified atom stereocenters. The van der Waals surface area contributed by atoms with E-state index in [9.17, 15) is 14.7 Å². The number of amides is 1. The standard InChI is InChI=1S/C9H9NO3.Na/c1-10-8(11)6-3-2-4-7(5-6)9(12)13;/h2-5H,1H3,(H,10,11)(H,12,13);/q;+1/p-1. The summed E-state index contributed by atoms with van der Waals surface area (Å²) in [6.07, 6.45) is 0. The van der Waals surface area contributed by atoms with Gasteiger partial charge in [0.2, 0.25) is 0 Å². The second-order valence-electron chi connectivity index (χ2n) is 2.45. The van der Waals surface area contributed by atoms with Gasteiger partial charge in [0.25, 0.3) is 5.91 Å². The average Bonchev–Trinajstić information content (AvgIpc) is 2.17. The van der Waals surface area contributed by atoms with Crippen LogP contribution >= 0.6 is 0 Å². The van der Waals surface area contributed by atoms with E-state index in [1.54, 1.807) is 0 Å². The molecule has 1 N–H and O–H groups in total. The predicted molar refractivity (Wildman–Crippen MR) is 44.2 cm³/mol. The van der Waals surface area contributed by atoms with Gasteiger partial charge in [-0.3, -0.25) is 4.79 Å². The molecule has 1 aromatic rings. The van der Waals surface area contributed by atoms with E-state index in [-0.39, 0.29) is 41.0 Å². The molecule has 0 heterocycles. The summed E-state index contributed by atoms with van der Waals surface area (Å²) in [6, 6.07) is 5.68. The normalized spacial score (nSPS) is 8.64. The monoisotopic (exact) mass is 201 g/mol. The van der Waals surface area contributed by atoms with Gasteiger partial charge in [0.15, 0.2) is 0 Å². The number of hydrogen-bond acceptors (Lipinski definition) is 3. The fourth-order valence-electron chi connectivity index (χ4n) is 0.932. The molecular weight excluding hydrogens is 193 g/mol. The summed E-state index contributed by atoms with van der Waals surface area (Å²) in [5.74, 6) is -1.60. The van der Waals surface area contributed by atoms with Crippen molar-refractivity contribution in [1.29, 1.82) is 0 Å². The zero-order chi connectivity index (χ0) is 9.84. The van der Waals surface area contributed by atoms with Crippen LogP contribution in [-0.4, -0.2) is 18.9 Å². The van der Waals surface area contributed by atoms with Gasteiger partial charge in [0.05, 0.1) is 5.97 Å². The molecule has 14 heavy (non-hydrogen) atoms. The number of carbonyl (C=O) groups excluding carboxylic acids is 2. The molecule has 0 aliphatic rings. The molecule has 0 fully saturated rings. The van der Waals surface area contributed by atoms with E-state index < -0.39 is 5.97 Å². The molecule has 1 amide bonds. The van der Waals surface area contributed by atoms with Crippen molar-refractivity contribution in [1.82, 2.24) is 5.32 Å². The van der Waals surface area contributed by atoms with Crippen LogP contribution in [-0.2, 0) is 0 Å². The fourth-order valence-corrected chi connectivity index (χ4v) is 0.932. The van der Waals surface area contributed by atoms with Gasteiger partial charge in [-0.05, 0) is 17.7 Å². The zero-order valence-electron chi connectivity index (χ0n) is 8.03. The molecule has 0 aromatic heterocycles. The summed E-state index contributed by atoms with van der Waals surface area (Å²) in [6.45, 7) is 0. The minimum atomic E-state index is -1.29.